The monoisotopic (exact) mass is 397 g/mol. The van der Waals surface area contributed by atoms with Crippen molar-refractivity contribution in [1.82, 2.24) is 10.2 Å². The predicted octanol–water partition coefficient (Wildman–Crippen LogP) is 3.29. The maximum Gasteiger partial charge on any atom is 0.194 e. The number of hydrogen-bond donors (Lipinski definition) is 1. The van der Waals surface area contributed by atoms with Gasteiger partial charge in [-0.05, 0) is 31.9 Å². The summed E-state index contributed by atoms with van der Waals surface area (Å²) in [6.07, 6.45) is 1.96. The van der Waals surface area contributed by atoms with Crippen LogP contribution in [0.25, 0.3) is 0 Å². The molecule has 1 N–H and O–H groups in total. The van der Waals surface area contributed by atoms with E-state index in [0.29, 0.717) is 36.3 Å². The highest BCUT2D eigenvalue weighted by atomic mass is 35.5. The maximum atomic E-state index is 14.1. The van der Waals surface area contributed by atoms with Gasteiger partial charge in [0.2, 0.25) is 0 Å². The van der Waals surface area contributed by atoms with E-state index in [1.165, 1.54) is 6.07 Å². The van der Waals surface area contributed by atoms with Gasteiger partial charge in [0.15, 0.2) is 5.96 Å². The Kier molecular flexibility index (Phi) is 7.33. The summed E-state index contributed by atoms with van der Waals surface area (Å²) in [5.41, 5.74) is 0.623. The topological polar surface area (TPSA) is 46.1 Å². The van der Waals surface area contributed by atoms with Crippen LogP contribution in [0.5, 0.6) is 0 Å². The lowest BCUT2D eigenvalue weighted by Gasteiger charge is -2.22. The molecule has 3 unspecified atom stereocenters. The van der Waals surface area contributed by atoms with E-state index in [0.717, 1.165) is 38.5 Å². The Morgan fingerprint density at radius 1 is 1.41 bits per heavy atom. The highest BCUT2D eigenvalue weighted by molar-refractivity contribution is 6.31. The minimum absolute atomic E-state index is 0.108. The molecule has 1 saturated carbocycles. The van der Waals surface area contributed by atoms with Crippen LogP contribution < -0.4 is 5.32 Å². The molecule has 0 radical (unpaired) electrons. The number of likely N-dealkylation sites (tertiary alicyclic amines) is 1. The molecule has 5 nitrogen and oxygen atoms in total. The van der Waals surface area contributed by atoms with Crippen molar-refractivity contribution in [3.63, 3.8) is 0 Å². The molecule has 1 heterocycles. The van der Waals surface area contributed by atoms with Crippen molar-refractivity contribution >= 4 is 17.6 Å². The van der Waals surface area contributed by atoms with E-state index in [-0.39, 0.29) is 17.8 Å². The molecular weight excluding hydrogens is 369 g/mol. The summed E-state index contributed by atoms with van der Waals surface area (Å²) in [6.45, 7) is 6.64. The number of methoxy groups -OCH3 is 1. The summed E-state index contributed by atoms with van der Waals surface area (Å²) in [6, 6.07) is 5.06. The molecule has 0 amide bonds. The predicted molar refractivity (Wildman–Crippen MR) is 106 cm³/mol. The number of nitrogens with zero attached hydrogens (tertiary/aromatic N) is 2. The molecule has 150 valence electrons. The lowest BCUT2D eigenvalue weighted by atomic mass is 10.1. The molecule has 1 aromatic carbocycles. The second kappa shape index (κ2) is 9.71. The van der Waals surface area contributed by atoms with E-state index in [1.807, 2.05) is 6.92 Å². The zero-order valence-corrected chi connectivity index (χ0v) is 16.8. The second-order valence-corrected chi connectivity index (χ2v) is 7.60. The zero-order chi connectivity index (χ0) is 19.2. The number of hydrogen-bond acceptors (Lipinski definition) is 3. The largest absolute Gasteiger partial charge is 0.382 e. The lowest BCUT2D eigenvalue weighted by molar-refractivity contribution is 0.0536. The number of nitrogens with one attached hydrogen (secondary N) is 1. The van der Waals surface area contributed by atoms with E-state index in [4.69, 9.17) is 21.1 Å². The minimum atomic E-state index is -0.222. The molecule has 7 heteroatoms. The van der Waals surface area contributed by atoms with Crippen molar-refractivity contribution in [2.75, 3.05) is 46.6 Å². The van der Waals surface area contributed by atoms with Crippen molar-refractivity contribution in [3.05, 3.63) is 34.6 Å². The Labute approximate surface area is 165 Å². The smallest absolute Gasteiger partial charge is 0.194 e. The van der Waals surface area contributed by atoms with Crippen LogP contribution in [0.4, 0.5) is 4.39 Å². The molecule has 27 heavy (non-hydrogen) atoms. The van der Waals surface area contributed by atoms with Gasteiger partial charge >= 0.3 is 0 Å². The van der Waals surface area contributed by atoms with Crippen molar-refractivity contribution in [3.8, 4) is 0 Å². The average molecular weight is 398 g/mol. The molecule has 3 atom stereocenters. The molecule has 0 spiro atoms. The summed E-state index contributed by atoms with van der Waals surface area (Å²) >= 11 is 6.21. The summed E-state index contributed by atoms with van der Waals surface area (Å²) < 4.78 is 24.8. The Morgan fingerprint density at radius 2 is 2.26 bits per heavy atom. The van der Waals surface area contributed by atoms with Gasteiger partial charge in [0.05, 0.1) is 19.8 Å². The first-order valence-corrected chi connectivity index (χ1v) is 10.1. The van der Waals surface area contributed by atoms with E-state index >= 15 is 0 Å². The fourth-order valence-electron chi connectivity index (χ4n) is 3.64. The van der Waals surface area contributed by atoms with Crippen LogP contribution in [-0.2, 0) is 9.47 Å². The maximum absolute atomic E-state index is 14.1. The molecular formula is C20H29ClFN3O2. The SMILES string of the molecule is CCN=C(NC1CC1c1c(F)cccc1Cl)N1CCC(COCCOC)C1. The Hall–Kier alpha value is -1.37. The van der Waals surface area contributed by atoms with Gasteiger partial charge in [0, 0.05) is 55.2 Å². The van der Waals surface area contributed by atoms with E-state index in [9.17, 15) is 4.39 Å². The Morgan fingerprint density at radius 3 is 3.00 bits per heavy atom. The standard InChI is InChI=1S/C20H29ClFN3O2/c1-3-23-20(25-8-7-14(12-25)13-27-10-9-26-2)24-18-11-15(18)19-16(21)5-4-6-17(19)22/h4-6,14-15,18H,3,7-13H2,1-2H3,(H,23,24). The zero-order valence-electron chi connectivity index (χ0n) is 16.1. The number of halogens is 2. The molecule has 2 aliphatic rings. The third-order valence-electron chi connectivity index (χ3n) is 5.15. The van der Waals surface area contributed by atoms with Gasteiger partial charge in [-0.15, -0.1) is 0 Å². The number of benzene rings is 1. The van der Waals surface area contributed by atoms with Gasteiger partial charge in [-0.2, -0.15) is 0 Å². The Balaban J connectivity index is 1.53. The van der Waals surface area contributed by atoms with Gasteiger partial charge in [-0.3, -0.25) is 4.99 Å². The van der Waals surface area contributed by atoms with Crippen molar-refractivity contribution < 1.29 is 13.9 Å². The second-order valence-electron chi connectivity index (χ2n) is 7.19. The minimum Gasteiger partial charge on any atom is -0.382 e. The first kappa shape index (κ1) is 20.4. The van der Waals surface area contributed by atoms with Crippen LogP contribution in [0, 0.1) is 11.7 Å². The van der Waals surface area contributed by atoms with E-state index < -0.39 is 0 Å². The molecule has 1 aromatic rings. The van der Waals surface area contributed by atoms with Gasteiger partial charge in [-0.1, -0.05) is 17.7 Å². The fraction of sp³-hybridized carbons (Fsp3) is 0.650. The average Bonchev–Trinajstić information content (AvgIpc) is 3.22. The lowest BCUT2D eigenvalue weighted by Crippen LogP contribution is -2.42. The van der Waals surface area contributed by atoms with Crippen molar-refractivity contribution in [2.24, 2.45) is 10.9 Å². The van der Waals surface area contributed by atoms with Crippen LogP contribution in [0.15, 0.2) is 23.2 Å². The molecule has 1 aliphatic heterocycles. The third-order valence-corrected chi connectivity index (χ3v) is 5.48. The summed E-state index contributed by atoms with van der Waals surface area (Å²) in [4.78, 5) is 6.93. The van der Waals surface area contributed by atoms with E-state index in [1.54, 1.807) is 19.2 Å². The molecule has 0 bridgehead atoms. The number of rotatable bonds is 8. The van der Waals surface area contributed by atoms with Crippen LogP contribution in [0.3, 0.4) is 0 Å². The fourth-order valence-corrected chi connectivity index (χ4v) is 3.95. The number of ether oxygens (including phenoxy) is 2. The van der Waals surface area contributed by atoms with Crippen LogP contribution in [0.2, 0.25) is 5.02 Å². The van der Waals surface area contributed by atoms with Crippen LogP contribution in [0.1, 0.15) is 31.2 Å². The first-order valence-electron chi connectivity index (χ1n) is 9.70. The molecule has 0 aromatic heterocycles. The third kappa shape index (κ3) is 5.33. The summed E-state index contributed by atoms with van der Waals surface area (Å²) in [7, 11) is 1.68. The van der Waals surface area contributed by atoms with Gasteiger partial charge < -0.3 is 19.7 Å². The number of guanidine groups is 1. The van der Waals surface area contributed by atoms with Crippen LogP contribution in [-0.4, -0.2) is 63.5 Å². The van der Waals surface area contributed by atoms with Crippen molar-refractivity contribution in [1.29, 1.82) is 0 Å². The highest BCUT2D eigenvalue weighted by Crippen LogP contribution is 2.45. The molecule has 1 aliphatic carbocycles. The normalized spacial score (nSPS) is 25.1. The van der Waals surface area contributed by atoms with Gasteiger partial charge in [0.25, 0.3) is 0 Å². The van der Waals surface area contributed by atoms with Gasteiger partial charge in [0.1, 0.15) is 5.82 Å². The quantitative estimate of drug-likeness (QED) is 0.415. The summed E-state index contributed by atoms with van der Waals surface area (Å²) in [5, 5.41) is 4.03. The van der Waals surface area contributed by atoms with E-state index in [2.05, 4.69) is 15.2 Å². The highest BCUT2D eigenvalue weighted by Gasteiger charge is 2.42. The Bertz CT molecular complexity index is 638. The number of aliphatic imine (C=N–C) groups is 1. The van der Waals surface area contributed by atoms with Crippen molar-refractivity contribution in [2.45, 2.75) is 31.7 Å². The summed E-state index contributed by atoms with van der Waals surface area (Å²) in [5.74, 6) is 1.30. The van der Waals surface area contributed by atoms with Gasteiger partial charge in [-0.25, -0.2) is 4.39 Å². The van der Waals surface area contributed by atoms with Crippen LogP contribution >= 0.6 is 11.6 Å². The first-order chi connectivity index (χ1) is 13.1. The molecule has 3 rings (SSSR count). The molecule has 1 saturated heterocycles. The molecule has 2 fully saturated rings.